The molecule has 6 rings (SSSR count). The molecule has 4 aliphatic heterocycles. The molecular weight excluding hydrogens is 572 g/mol. The maximum atomic E-state index is 13.5. The smallest absolute Gasteiger partial charge is 0.265 e. The van der Waals surface area contributed by atoms with Crippen molar-refractivity contribution >= 4 is 35.2 Å². The lowest BCUT2D eigenvalue weighted by atomic mass is 9.88. The number of benzene rings is 2. The van der Waals surface area contributed by atoms with Crippen LogP contribution < -0.4 is 21.1 Å². The fraction of sp³-hybridized carbons (Fsp3) is 0.500. The van der Waals surface area contributed by atoms with E-state index in [1.54, 1.807) is 12.1 Å². The summed E-state index contributed by atoms with van der Waals surface area (Å²) in [7, 11) is 0. The summed E-state index contributed by atoms with van der Waals surface area (Å²) < 4.78 is 0. The molecule has 0 radical (unpaired) electrons. The van der Waals surface area contributed by atoms with Crippen molar-refractivity contribution < 1.29 is 24.0 Å². The summed E-state index contributed by atoms with van der Waals surface area (Å²) in [5.41, 5.74) is 9.06. The standard InChI is InChI=1S/C34H42N6O5/c1-21(2)36-37-31(42)25-8-6-23(7-9-25)24-14-16-38(17-15-24)20-22-12-18-39(19-13-22)27-5-3-4-26-30(27)34(45)40(33(26)44)28-10-11-29(41)35-32(28)43/h3-9,21-22,24,28,36H,10-20H2,1-2H3,(H,37,42)(H,35,41,43). The number of carbonyl (C=O) groups excluding carboxylic acids is 5. The SMILES string of the molecule is CC(C)NNC(=O)c1ccc(C2CCN(CC3CCN(c4cccc5c4C(=O)N(C4CCC(=O)NC4=O)C5=O)CC3)CC2)cc1. The maximum Gasteiger partial charge on any atom is 0.265 e. The molecule has 3 N–H and O–H groups in total. The van der Waals surface area contributed by atoms with Gasteiger partial charge in [-0.05, 0) is 101 Å². The average molecular weight is 615 g/mol. The summed E-state index contributed by atoms with van der Waals surface area (Å²) in [6.45, 7) is 8.69. The number of hydrazine groups is 1. The number of imide groups is 2. The molecule has 11 heteroatoms. The Morgan fingerprint density at radius 2 is 1.60 bits per heavy atom. The van der Waals surface area contributed by atoms with Crippen LogP contribution in [0.1, 0.15) is 94.9 Å². The van der Waals surface area contributed by atoms with Crippen LogP contribution in [0.4, 0.5) is 5.69 Å². The predicted molar refractivity (Wildman–Crippen MR) is 169 cm³/mol. The number of fused-ring (bicyclic) bond motifs is 1. The van der Waals surface area contributed by atoms with Gasteiger partial charge in [-0.15, -0.1) is 0 Å². The predicted octanol–water partition coefficient (Wildman–Crippen LogP) is 2.83. The highest BCUT2D eigenvalue weighted by Crippen LogP contribution is 2.36. The van der Waals surface area contributed by atoms with E-state index in [1.807, 2.05) is 32.0 Å². The summed E-state index contributed by atoms with van der Waals surface area (Å²) in [4.78, 5) is 69.0. The van der Waals surface area contributed by atoms with Crippen LogP contribution in [0, 0.1) is 5.92 Å². The molecule has 5 amide bonds. The number of carbonyl (C=O) groups is 5. The van der Waals surface area contributed by atoms with Gasteiger partial charge < -0.3 is 9.80 Å². The largest absolute Gasteiger partial charge is 0.371 e. The molecule has 2 aromatic carbocycles. The number of rotatable bonds is 8. The van der Waals surface area contributed by atoms with E-state index in [0.29, 0.717) is 28.5 Å². The van der Waals surface area contributed by atoms with Gasteiger partial charge in [-0.2, -0.15) is 0 Å². The van der Waals surface area contributed by atoms with E-state index in [0.717, 1.165) is 69.0 Å². The van der Waals surface area contributed by atoms with Crippen LogP contribution in [0.15, 0.2) is 42.5 Å². The molecule has 0 aliphatic carbocycles. The van der Waals surface area contributed by atoms with Crippen molar-refractivity contribution in [3.05, 3.63) is 64.7 Å². The second kappa shape index (κ2) is 13.1. The van der Waals surface area contributed by atoms with Gasteiger partial charge in [0.15, 0.2) is 0 Å². The molecule has 238 valence electrons. The van der Waals surface area contributed by atoms with Crippen LogP contribution in [0.3, 0.4) is 0 Å². The number of piperidine rings is 3. The van der Waals surface area contributed by atoms with Gasteiger partial charge in [-0.1, -0.05) is 18.2 Å². The summed E-state index contributed by atoms with van der Waals surface area (Å²) in [6, 6.07) is 12.5. The van der Waals surface area contributed by atoms with Gasteiger partial charge in [-0.25, -0.2) is 5.43 Å². The van der Waals surface area contributed by atoms with Crippen molar-refractivity contribution in [3.8, 4) is 0 Å². The molecule has 2 aromatic rings. The van der Waals surface area contributed by atoms with Crippen molar-refractivity contribution in [2.75, 3.05) is 37.6 Å². The quantitative estimate of drug-likeness (QED) is 0.306. The fourth-order valence-corrected chi connectivity index (χ4v) is 7.12. The minimum absolute atomic E-state index is 0.103. The van der Waals surface area contributed by atoms with E-state index in [1.165, 1.54) is 5.56 Å². The first-order valence-electron chi connectivity index (χ1n) is 16.2. The first kappa shape index (κ1) is 30.9. The zero-order valence-corrected chi connectivity index (χ0v) is 26.0. The molecule has 1 atom stereocenters. The first-order chi connectivity index (χ1) is 21.7. The Morgan fingerprint density at radius 3 is 2.27 bits per heavy atom. The normalized spacial score (nSPS) is 21.8. The summed E-state index contributed by atoms with van der Waals surface area (Å²) in [5.74, 6) is -0.964. The number of amides is 5. The molecule has 0 spiro atoms. The zero-order valence-electron chi connectivity index (χ0n) is 26.0. The van der Waals surface area contributed by atoms with Gasteiger partial charge in [0.1, 0.15) is 6.04 Å². The number of hydrogen-bond acceptors (Lipinski definition) is 8. The Labute approximate surface area is 263 Å². The molecule has 0 saturated carbocycles. The molecule has 4 heterocycles. The van der Waals surface area contributed by atoms with Gasteiger partial charge in [-0.3, -0.25) is 39.6 Å². The zero-order chi connectivity index (χ0) is 31.7. The van der Waals surface area contributed by atoms with Crippen LogP contribution in [0.5, 0.6) is 0 Å². The highest BCUT2D eigenvalue weighted by molar-refractivity contribution is 6.25. The first-order valence-corrected chi connectivity index (χ1v) is 16.2. The molecule has 0 bridgehead atoms. The molecule has 1 unspecified atom stereocenters. The van der Waals surface area contributed by atoms with Crippen LogP contribution >= 0.6 is 0 Å². The van der Waals surface area contributed by atoms with Crippen molar-refractivity contribution in [1.29, 1.82) is 0 Å². The van der Waals surface area contributed by atoms with E-state index in [4.69, 9.17) is 0 Å². The minimum atomic E-state index is -0.962. The molecule has 4 aliphatic rings. The van der Waals surface area contributed by atoms with Gasteiger partial charge >= 0.3 is 0 Å². The van der Waals surface area contributed by atoms with Gasteiger partial charge in [0.05, 0.1) is 16.8 Å². The topological polar surface area (TPSA) is 131 Å². The van der Waals surface area contributed by atoms with Crippen LogP contribution in [-0.2, 0) is 9.59 Å². The fourth-order valence-electron chi connectivity index (χ4n) is 7.12. The molecule has 0 aromatic heterocycles. The van der Waals surface area contributed by atoms with Crippen molar-refractivity contribution in [3.63, 3.8) is 0 Å². The Balaban J connectivity index is 1.00. The monoisotopic (exact) mass is 614 g/mol. The summed E-state index contributed by atoms with van der Waals surface area (Å²) in [6.07, 6.45) is 4.43. The molecule has 11 nitrogen and oxygen atoms in total. The number of likely N-dealkylation sites (tertiary alicyclic amines) is 1. The lowest BCUT2D eigenvalue weighted by Crippen LogP contribution is -2.54. The third-order valence-electron chi connectivity index (χ3n) is 9.62. The molecule has 45 heavy (non-hydrogen) atoms. The Kier molecular flexibility index (Phi) is 9.00. The third-order valence-corrected chi connectivity index (χ3v) is 9.62. The van der Waals surface area contributed by atoms with Gasteiger partial charge in [0.2, 0.25) is 11.8 Å². The Morgan fingerprint density at radius 1 is 0.889 bits per heavy atom. The van der Waals surface area contributed by atoms with E-state index in [2.05, 4.69) is 38.1 Å². The Hall–Kier alpha value is -4.09. The van der Waals surface area contributed by atoms with Crippen LogP contribution in [0.25, 0.3) is 0 Å². The second-order valence-corrected chi connectivity index (χ2v) is 13.0. The minimum Gasteiger partial charge on any atom is -0.371 e. The van der Waals surface area contributed by atoms with Gasteiger partial charge in [0, 0.05) is 37.7 Å². The number of nitrogens with one attached hydrogen (secondary N) is 3. The van der Waals surface area contributed by atoms with E-state index < -0.39 is 23.8 Å². The lowest BCUT2D eigenvalue weighted by Gasteiger charge is -2.39. The molecular formula is C34H42N6O5. The highest BCUT2D eigenvalue weighted by atomic mass is 16.2. The average Bonchev–Trinajstić information content (AvgIpc) is 3.30. The second-order valence-electron chi connectivity index (χ2n) is 13.0. The summed E-state index contributed by atoms with van der Waals surface area (Å²) in [5, 5.41) is 2.26. The number of anilines is 1. The third kappa shape index (κ3) is 6.50. The molecule has 3 saturated heterocycles. The van der Waals surface area contributed by atoms with Crippen molar-refractivity contribution in [1.82, 2.24) is 26.0 Å². The molecule has 3 fully saturated rings. The number of hydrogen-bond donors (Lipinski definition) is 3. The number of nitrogens with zero attached hydrogens (tertiary/aromatic N) is 3. The maximum absolute atomic E-state index is 13.5. The van der Waals surface area contributed by atoms with Crippen LogP contribution in [-0.4, -0.2) is 84.1 Å². The van der Waals surface area contributed by atoms with Crippen LogP contribution in [0.2, 0.25) is 0 Å². The van der Waals surface area contributed by atoms with E-state index >= 15 is 0 Å². The van der Waals surface area contributed by atoms with Gasteiger partial charge in [0.25, 0.3) is 17.7 Å². The lowest BCUT2D eigenvalue weighted by molar-refractivity contribution is -0.136. The summed E-state index contributed by atoms with van der Waals surface area (Å²) >= 11 is 0. The van der Waals surface area contributed by atoms with E-state index in [9.17, 15) is 24.0 Å². The highest BCUT2D eigenvalue weighted by Gasteiger charge is 2.46. The van der Waals surface area contributed by atoms with Crippen molar-refractivity contribution in [2.45, 2.75) is 70.4 Å². The van der Waals surface area contributed by atoms with Crippen molar-refractivity contribution in [2.24, 2.45) is 5.92 Å². The Bertz CT molecular complexity index is 1470. The van der Waals surface area contributed by atoms with E-state index in [-0.39, 0.29) is 30.7 Å².